The molecule has 3 rings (SSSR count). The summed E-state index contributed by atoms with van der Waals surface area (Å²) < 4.78 is 33.7. The summed E-state index contributed by atoms with van der Waals surface area (Å²) in [6, 6.07) is 13.9. The molecule has 1 aliphatic carbocycles. The van der Waals surface area contributed by atoms with E-state index < -0.39 is 36.5 Å². The van der Waals surface area contributed by atoms with Crippen molar-refractivity contribution in [2.75, 3.05) is 33.8 Å². The summed E-state index contributed by atoms with van der Waals surface area (Å²) in [5.74, 6) is -7.46. The minimum absolute atomic E-state index is 0.0516. The van der Waals surface area contributed by atoms with Crippen LogP contribution < -0.4 is 10.6 Å². The van der Waals surface area contributed by atoms with Gasteiger partial charge in [-0.2, -0.15) is 8.78 Å². The van der Waals surface area contributed by atoms with Gasteiger partial charge < -0.3 is 25.4 Å². The maximum atomic E-state index is 14.3. The highest BCUT2D eigenvalue weighted by Crippen LogP contribution is 2.44. The van der Waals surface area contributed by atoms with Crippen molar-refractivity contribution in [1.82, 2.24) is 15.5 Å². The molecule has 2 aromatic rings. The van der Waals surface area contributed by atoms with Crippen LogP contribution >= 0.6 is 0 Å². The van der Waals surface area contributed by atoms with Gasteiger partial charge in [-0.25, -0.2) is 9.59 Å². The summed E-state index contributed by atoms with van der Waals surface area (Å²) in [5.41, 5.74) is 3.99. The lowest BCUT2D eigenvalue weighted by Crippen LogP contribution is -2.53. The molecule has 0 bridgehead atoms. The largest absolute Gasteiger partial charge is 0.480 e. The fourth-order valence-electron chi connectivity index (χ4n) is 3.82. The third kappa shape index (κ3) is 5.88. The zero-order chi connectivity index (χ0) is 24.9. The van der Waals surface area contributed by atoms with Gasteiger partial charge in [-0.05, 0) is 42.8 Å². The van der Waals surface area contributed by atoms with Gasteiger partial charge in [0.15, 0.2) is 0 Å². The third-order valence-electron chi connectivity index (χ3n) is 5.60. The summed E-state index contributed by atoms with van der Waals surface area (Å²) in [6.45, 7) is -1.11. The number of carbonyl (C=O) groups excluding carboxylic acids is 2. The molecule has 1 unspecified atom stereocenters. The van der Waals surface area contributed by atoms with E-state index in [0.29, 0.717) is 0 Å². The molecule has 0 fully saturated rings. The minimum Gasteiger partial charge on any atom is -0.480 e. The molecule has 182 valence electrons. The van der Waals surface area contributed by atoms with E-state index in [2.05, 4.69) is 0 Å². The number of aliphatic carboxylic acids is 1. The Balaban J connectivity index is 1.54. The number of fused-ring (bicyclic) bond motifs is 3. The van der Waals surface area contributed by atoms with Crippen molar-refractivity contribution in [2.45, 2.75) is 24.3 Å². The Morgan fingerprint density at radius 2 is 1.62 bits per heavy atom. The quantitative estimate of drug-likeness (QED) is 0.488. The summed E-state index contributed by atoms with van der Waals surface area (Å²) >= 11 is 0. The molecule has 8 nitrogen and oxygen atoms in total. The Hall–Kier alpha value is -3.53. The van der Waals surface area contributed by atoms with Gasteiger partial charge in [0.05, 0.1) is 6.54 Å². The predicted molar refractivity (Wildman–Crippen MR) is 121 cm³/mol. The highest BCUT2D eigenvalue weighted by molar-refractivity contribution is 5.88. The Labute approximate surface area is 195 Å². The van der Waals surface area contributed by atoms with Crippen LogP contribution in [0.4, 0.5) is 13.6 Å². The number of hydrogen-bond acceptors (Lipinski definition) is 5. The highest BCUT2D eigenvalue weighted by atomic mass is 19.3. The van der Waals surface area contributed by atoms with Crippen LogP contribution in [0.3, 0.4) is 0 Å². The second-order valence-corrected chi connectivity index (χ2v) is 8.34. The van der Waals surface area contributed by atoms with E-state index in [1.807, 2.05) is 59.2 Å². The van der Waals surface area contributed by atoms with Crippen molar-refractivity contribution >= 4 is 18.0 Å². The monoisotopic (exact) mass is 475 g/mol. The fraction of sp³-hybridized carbons (Fsp3) is 0.375. The molecule has 1 atom stereocenters. The highest BCUT2D eigenvalue weighted by Gasteiger charge is 2.41. The summed E-state index contributed by atoms with van der Waals surface area (Å²) in [4.78, 5) is 37.0. The average Bonchev–Trinajstić information content (AvgIpc) is 3.12. The molecule has 3 N–H and O–H groups in total. The van der Waals surface area contributed by atoms with Crippen LogP contribution in [-0.4, -0.2) is 73.7 Å². The number of carboxylic acids is 1. The molecule has 0 saturated carbocycles. The van der Waals surface area contributed by atoms with Gasteiger partial charge in [0.2, 0.25) is 0 Å². The molecule has 0 heterocycles. The van der Waals surface area contributed by atoms with Crippen molar-refractivity contribution in [3.63, 3.8) is 0 Å². The SMILES string of the molecule is CN(C)CCC(NC(=O)C(F)(F)CNC(=O)OCC1c2ccccc2-c2ccccc21)C(=O)O. The van der Waals surface area contributed by atoms with Gasteiger partial charge >= 0.3 is 18.0 Å². The zero-order valence-electron chi connectivity index (χ0n) is 18.9. The molecule has 10 heteroatoms. The first-order valence-electron chi connectivity index (χ1n) is 10.8. The first-order chi connectivity index (χ1) is 16.1. The molecule has 34 heavy (non-hydrogen) atoms. The van der Waals surface area contributed by atoms with E-state index in [9.17, 15) is 23.2 Å². The number of carbonyl (C=O) groups is 3. The number of ether oxygens (including phenoxy) is 1. The standard InChI is InChI=1S/C24H27F2N3O5/c1-29(2)12-11-20(21(30)31)28-22(32)24(25,26)14-27-23(33)34-13-19-17-9-5-3-7-15(17)16-8-4-6-10-18(16)19/h3-10,19-20H,11-14H2,1-2H3,(H,27,33)(H,28,32)(H,30,31). The van der Waals surface area contributed by atoms with Crippen LogP contribution in [0.15, 0.2) is 48.5 Å². The number of benzene rings is 2. The third-order valence-corrected chi connectivity index (χ3v) is 5.60. The molecule has 0 saturated heterocycles. The number of nitrogens with zero attached hydrogens (tertiary/aromatic N) is 1. The maximum Gasteiger partial charge on any atom is 0.407 e. The van der Waals surface area contributed by atoms with E-state index in [4.69, 9.17) is 9.84 Å². The topological polar surface area (TPSA) is 108 Å². The Kier molecular flexibility index (Phi) is 7.83. The Morgan fingerprint density at radius 1 is 1.06 bits per heavy atom. The van der Waals surface area contributed by atoms with E-state index in [-0.39, 0.29) is 25.5 Å². The predicted octanol–water partition coefficient (Wildman–Crippen LogP) is 2.68. The number of hydrogen-bond donors (Lipinski definition) is 3. The summed E-state index contributed by atoms with van der Waals surface area (Å²) in [7, 11) is 3.38. The zero-order valence-corrected chi connectivity index (χ0v) is 18.9. The van der Waals surface area contributed by atoms with Gasteiger partial charge in [0, 0.05) is 12.5 Å². The van der Waals surface area contributed by atoms with Crippen molar-refractivity contribution < 1.29 is 33.0 Å². The van der Waals surface area contributed by atoms with Crippen LogP contribution in [0.25, 0.3) is 11.1 Å². The van der Waals surface area contributed by atoms with E-state index >= 15 is 0 Å². The lowest BCUT2D eigenvalue weighted by molar-refractivity contribution is -0.150. The number of amides is 2. The number of nitrogens with one attached hydrogen (secondary N) is 2. The van der Waals surface area contributed by atoms with E-state index in [1.54, 1.807) is 19.0 Å². The first-order valence-corrected chi connectivity index (χ1v) is 10.8. The van der Waals surface area contributed by atoms with Crippen LogP contribution in [0.2, 0.25) is 0 Å². The average molecular weight is 475 g/mol. The molecule has 0 aromatic heterocycles. The molecular weight excluding hydrogens is 448 g/mol. The van der Waals surface area contributed by atoms with Crippen molar-refractivity contribution in [2.24, 2.45) is 0 Å². The Morgan fingerprint density at radius 3 is 2.15 bits per heavy atom. The first kappa shape index (κ1) is 25.1. The fourth-order valence-corrected chi connectivity index (χ4v) is 3.82. The summed E-state index contributed by atoms with van der Waals surface area (Å²) in [5, 5.41) is 12.9. The molecule has 0 aliphatic heterocycles. The van der Waals surface area contributed by atoms with Crippen molar-refractivity contribution in [3.8, 4) is 11.1 Å². The van der Waals surface area contributed by atoms with Crippen LogP contribution in [0.5, 0.6) is 0 Å². The lowest BCUT2D eigenvalue weighted by Gasteiger charge is -2.21. The van der Waals surface area contributed by atoms with E-state index in [0.717, 1.165) is 22.3 Å². The van der Waals surface area contributed by atoms with Gasteiger partial charge in [0.25, 0.3) is 5.91 Å². The van der Waals surface area contributed by atoms with Gasteiger partial charge in [-0.15, -0.1) is 0 Å². The summed E-state index contributed by atoms with van der Waals surface area (Å²) in [6.07, 6.45) is -1.15. The Bertz CT molecular complexity index is 1010. The number of halogens is 2. The molecule has 0 spiro atoms. The second-order valence-electron chi connectivity index (χ2n) is 8.34. The molecule has 2 aromatic carbocycles. The minimum atomic E-state index is -4.02. The number of alkyl carbamates (subject to hydrolysis) is 1. The van der Waals surface area contributed by atoms with Crippen molar-refractivity contribution in [3.05, 3.63) is 59.7 Å². The number of carboxylic acid groups (broad SMARTS) is 1. The van der Waals surface area contributed by atoms with Crippen LogP contribution in [0.1, 0.15) is 23.5 Å². The smallest absolute Gasteiger partial charge is 0.407 e. The maximum absolute atomic E-state index is 14.3. The molecular formula is C24H27F2N3O5. The number of rotatable bonds is 10. The lowest BCUT2D eigenvalue weighted by atomic mass is 9.98. The second kappa shape index (κ2) is 10.6. The van der Waals surface area contributed by atoms with Gasteiger partial charge in [0.1, 0.15) is 12.6 Å². The molecule has 0 radical (unpaired) electrons. The molecule has 1 aliphatic rings. The van der Waals surface area contributed by atoms with Gasteiger partial charge in [-0.3, -0.25) is 4.79 Å². The van der Waals surface area contributed by atoms with E-state index in [1.165, 1.54) is 0 Å². The van der Waals surface area contributed by atoms with Gasteiger partial charge in [-0.1, -0.05) is 48.5 Å². The van der Waals surface area contributed by atoms with Crippen LogP contribution in [-0.2, 0) is 14.3 Å². The van der Waals surface area contributed by atoms with Crippen LogP contribution in [0, 0.1) is 0 Å². The van der Waals surface area contributed by atoms with Crippen molar-refractivity contribution in [1.29, 1.82) is 0 Å². The molecule has 2 amide bonds. The normalized spacial score (nSPS) is 13.7. The number of alkyl halides is 2.